The first-order valence-corrected chi connectivity index (χ1v) is 9.73. The zero-order valence-electron chi connectivity index (χ0n) is 16.4. The summed E-state index contributed by atoms with van der Waals surface area (Å²) >= 11 is 6.00. The maximum atomic E-state index is 13.7. The quantitative estimate of drug-likeness (QED) is 0.651. The lowest BCUT2D eigenvalue weighted by atomic mass is 10.2. The summed E-state index contributed by atoms with van der Waals surface area (Å²) in [4.78, 5) is 38.6. The summed E-state index contributed by atoms with van der Waals surface area (Å²) in [5.41, 5.74) is -1.41. The SMILES string of the molecule is CC[C@@H](C)NC(=O)c1nn(-c2cccc(F)c2)c(=O)n(Cc2cccc(Cl)c2)c1=O. The second-order valence-electron chi connectivity index (χ2n) is 6.83. The molecule has 2 aromatic carbocycles. The predicted octanol–water partition coefficient (Wildman–Crippen LogP) is 2.76. The maximum Gasteiger partial charge on any atom is 0.352 e. The molecule has 30 heavy (non-hydrogen) atoms. The monoisotopic (exact) mass is 430 g/mol. The zero-order valence-corrected chi connectivity index (χ0v) is 17.2. The molecule has 1 N–H and O–H groups in total. The summed E-state index contributed by atoms with van der Waals surface area (Å²) < 4.78 is 15.5. The van der Waals surface area contributed by atoms with Crippen LogP contribution in [0.3, 0.4) is 0 Å². The van der Waals surface area contributed by atoms with Gasteiger partial charge in [-0.25, -0.2) is 9.18 Å². The highest BCUT2D eigenvalue weighted by molar-refractivity contribution is 6.30. The normalized spacial score (nSPS) is 11.9. The van der Waals surface area contributed by atoms with Crippen LogP contribution in [0.25, 0.3) is 5.69 Å². The van der Waals surface area contributed by atoms with Crippen molar-refractivity contribution in [2.24, 2.45) is 0 Å². The molecule has 156 valence electrons. The minimum atomic E-state index is -0.839. The third-order valence-electron chi connectivity index (χ3n) is 4.55. The Labute approximate surface area is 176 Å². The van der Waals surface area contributed by atoms with Crippen LogP contribution >= 0.6 is 11.6 Å². The van der Waals surface area contributed by atoms with E-state index in [-0.39, 0.29) is 18.3 Å². The standard InChI is InChI=1S/C21H20ClFN4O3/c1-3-13(2)24-19(28)18-20(29)26(12-14-6-4-7-15(22)10-14)21(30)27(25-18)17-9-5-8-16(23)11-17/h4-11,13H,3,12H2,1-2H3,(H,24,28)/t13-/m1/s1. The Morgan fingerprint density at radius 1 is 1.20 bits per heavy atom. The molecule has 1 amide bonds. The maximum absolute atomic E-state index is 13.7. The van der Waals surface area contributed by atoms with E-state index in [9.17, 15) is 18.8 Å². The van der Waals surface area contributed by atoms with Crippen LogP contribution in [0.1, 0.15) is 36.3 Å². The van der Waals surface area contributed by atoms with Gasteiger partial charge in [-0.15, -0.1) is 0 Å². The van der Waals surface area contributed by atoms with Gasteiger partial charge in [0.05, 0.1) is 12.2 Å². The van der Waals surface area contributed by atoms with E-state index in [0.29, 0.717) is 17.0 Å². The van der Waals surface area contributed by atoms with Crippen molar-refractivity contribution < 1.29 is 9.18 Å². The summed E-state index contributed by atoms with van der Waals surface area (Å²) in [6, 6.07) is 11.6. The van der Waals surface area contributed by atoms with Crippen molar-refractivity contribution in [2.45, 2.75) is 32.9 Å². The Morgan fingerprint density at radius 2 is 1.93 bits per heavy atom. The number of carbonyl (C=O) groups is 1. The molecule has 0 aliphatic carbocycles. The largest absolute Gasteiger partial charge is 0.352 e. The minimum absolute atomic E-state index is 0.0948. The van der Waals surface area contributed by atoms with Crippen LogP contribution in [0, 0.1) is 5.82 Å². The lowest BCUT2D eigenvalue weighted by Crippen LogP contribution is -2.47. The zero-order chi connectivity index (χ0) is 21.8. The van der Waals surface area contributed by atoms with E-state index in [4.69, 9.17) is 11.6 Å². The Morgan fingerprint density at radius 3 is 2.60 bits per heavy atom. The van der Waals surface area contributed by atoms with E-state index < -0.39 is 28.7 Å². The third kappa shape index (κ3) is 4.65. The molecule has 0 aliphatic rings. The fourth-order valence-electron chi connectivity index (χ4n) is 2.78. The highest BCUT2D eigenvalue weighted by Gasteiger charge is 2.21. The number of hydrogen-bond donors (Lipinski definition) is 1. The molecule has 7 nitrogen and oxygen atoms in total. The molecule has 0 saturated carbocycles. The van der Waals surface area contributed by atoms with Gasteiger partial charge in [0.15, 0.2) is 0 Å². The van der Waals surface area contributed by atoms with Gasteiger partial charge < -0.3 is 5.32 Å². The number of rotatable bonds is 6. The van der Waals surface area contributed by atoms with Crippen molar-refractivity contribution in [1.29, 1.82) is 0 Å². The second kappa shape index (κ2) is 9.04. The first kappa shape index (κ1) is 21.4. The Kier molecular flexibility index (Phi) is 6.47. The lowest BCUT2D eigenvalue weighted by molar-refractivity contribution is 0.0929. The summed E-state index contributed by atoms with van der Waals surface area (Å²) in [6.45, 7) is 3.54. The number of aromatic nitrogens is 3. The van der Waals surface area contributed by atoms with Crippen molar-refractivity contribution in [3.8, 4) is 5.69 Å². The molecule has 0 aliphatic heterocycles. The van der Waals surface area contributed by atoms with Gasteiger partial charge in [-0.2, -0.15) is 9.78 Å². The van der Waals surface area contributed by atoms with Gasteiger partial charge in [0, 0.05) is 11.1 Å². The minimum Gasteiger partial charge on any atom is -0.348 e. The highest BCUT2D eigenvalue weighted by atomic mass is 35.5. The first-order valence-electron chi connectivity index (χ1n) is 9.35. The Balaban J connectivity index is 2.20. The van der Waals surface area contributed by atoms with Crippen molar-refractivity contribution in [2.75, 3.05) is 0 Å². The van der Waals surface area contributed by atoms with Crippen LogP contribution in [0.2, 0.25) is 5.02 Å². The van der Waals surface area contributed by atoms with Crippen LogP contribution in [-0.2, 0) is 6.54 Å². The molecule has 0 bridgehead atoms. The van der Waals surface area contributed by atoms with Crippen LogP contribution < -0.4 is 16.6 Å². The van der Waals surface area contributed by atoms with Gasteiger partial charge in [0.25, 0.3) is 11.5 Å². The Hall–Kier alpha value is -3.26. The average Bonchev–Trinajstić information content (AvgIpc) is 2.71. The molecular weight excluding hydrogens is 411 g/mol. The van der Waals surface area contributed by atoms with Crippen LogP contribution in [0.4, 0.5) is 4.39 Å². The summed E-state index contributed by atoms with van der Waals surface area (Å²) in [6.07, 6.45) is 0.645. The third-order valence-corrected chi connectivity index (χ3v) is 4.78. The molecule has 1 aromatic heterocycles. The van der Waals surface area contributed by atoms with Gasteiger partial charge in [0.1, 0.15) is 5.82 Å². The van der Waals surface area contributed by atoms with Gasteiger partial charge in [-0.1, -0.05) is 36.7 Å². The summed E-state index contributed by atoms with van der Waals surface area (Å²) in [5, 5.41) is 7.07. The molecule has 3 aromatic rings. The van der Waals surface area contributed by atoms with Crippen molar-refractivity contribution in [3.63, 3.8) is 0 Å². The number of hydrogen-bond acceptors (Lipinski definition) is 4. The van der Waals surface area contributed by atoms with E-state index >= 15 is 0 Å². The van der Waals surface area contributed by atoms with Crippen molar-refractivity contribution in [3.05, 3.63) is 91.5 Å². The molecule has 0 unspecified atom stereocenters. The summed E-state index contributed by atoms with van der Waals surface area (Å²) in [5.74, 6) is -1.29. The molecule has 1 heterocycles. The van der Waals surface area contributed by atoms with E-state index in [2.05, 4.69) is 10.4 Å². The average molecular weight is 431 g/mol. The van der Waals surface area contributed by atoms with E-state index in [1.807, 2.05) is 6.92 Å². The number of amides is 1. The molecule has 1 atom stereocenters. The number of carbonyl (C=O) groups excluding carboxylic acids is 1. The fraction of sp³-hybridized carbons (Fsp3) is 0.238. The van der Waals surface area contributed by atoms with Crippen LogP contribution in [-0.4, -0.2) is 26.3 Å². The summed E-state index contributed by atoms with van der Waals surface area (Å²) in [7, 11) is 0. The highest BCUT2D eigenvalue weighted by Crippen LogP contribution is 2.11. The molecule has 0 spiro atoms. The van der Waals surface area contributed by atoms with Gasteiger partial charge >= 0.3 is 5.69 Å². The van der Waals surface area contributed by atoms with Crippen molar-refractivity contribution in [1.82, 2.24) is 19.7 Å². The number of nitrogens with one attached hydrogen (secondary N) is 1. The van der Waals surface area contributed by atoms with Gasteiger partial charge in [-0.3, -0.25) is 14.2 Å². The molecule has 0 radical (unpaired) electrons. The molecular formula is C21H20ClFN4O3. The predicted molar refractivity (Wildman–Crippen MR) is 112 cm³/mol. The smallest absolute Gasteiger partial charge is 0.348 e. The fourth-order valence-corrected chi connectivity index (χ4v) is 3.00. The van der Waals surface area contributed by atoms with E-state index in [1.165, 1.54) is 18.2 Å². The first-order chi connectivity index (χ1) is 14.3. The van der Waals surface area contributed by atoms with Gasteiger partial charge in [-0.05, 0) is 49.2 Å². The molecule has 9 heteroatoms. The second-order valence-corrected chi connectivity index (χ2v) is 7.26. The molecule has 0 saturated heterocycles. The number of halogens is 2. The topological polar surface area (TPSA) is 86.0 Å². The van der Waals surface area contributed by atoms with E-state index in [0.717, 1.165) is 15.3 Å². The number of benzene rings is 2. The molecule has 3 rings (SSSR count). The lowest BCUT2D eigenvalue weighted by Gasteiger charge is -2.14. The Bertz CT molecular complexity index is 1210. The van der Waals surface area contributed by atoms with Crippen molar-refractivity contribution >= 4 is 17.5 Å². The van der Waals surface area contributed by atoms with Crippen LogP contribution in [0.5, 0.6) is 0 Å². The van der Waals surface area contributed by atoms with Gasteiger partial charge in [0.2, 0.25) is 5.69 Å². The van der Waals surface area contributed by atoms with E-state index in [1.54, 1.807) is 31.2 Å². The number of nitrogens with zero attached hydrogens (tertiary/aromatic N) is 3. The molecule has 0 fully saturated rings. The van der Waals surface area contributed by atoms with Crippen LogP contribution in [0.15, 0.2) is 58.1 Å².